The van der Waals surface area contributed by atoms with E-state index in [1.165, 1.54) is 0 Å². The second-order valence-electron chi connectivity index (χ2n) is 3.16. The molecule has 0 aliphatic rings. The molecule has 5 nitrogen and oxygen atoms in total. The number of carbonyl (C=O) groups excluding carboxylic acids is 2. The lowest BCUT2D eigenvalue weighted by Gasteiger charge is -2.23. The number of aliphatic hydroxyl groups is 1. The molecule has 106 valence electrons. The second-order valence-corrected chi connectivity index (χ2v) is 3.16. The molecule has 0 saturated carbocycles. The lowest BCUT2D eigenvalue weighted by Crippen LogP contribution is -2.58. The number of rotatable bonds is 3. The molecule has 18 heavy (non-hydrogen) atoms. The average molecular weight is 282 g/mol. The Bertz CT molecular complexity index is 296. The maximum Gasteiger partial charge on any atom is 0.471 e. The van der Waals surface area contributed by atoms with E-state index in [9.17, 15) is 35.9 Å². The molecule has 11 heteroatoms. The van der Waals surface area contributed by atoms with Gasteiger partial charge in [-0.25, -0.2) is 0 Å². The summed E-state index contributed by atoms with van der Waals surface area (Å²) in [6.07, 6.45) is -14.8. The van der Waals surface area contributed by atoms with Crippen molar-refractivity contribution in [3.05, 3.63) is 0 Å². The van der Waals surface area contributed by atoms with E-state index in [4.69, 9.17) is 5.11 Å². The Balaban J connectivity index is 4.71. The third-order valence-corrected chi connectivity index (χ3v) is 1.57. The van der Waals surface area contributed by atoms with Crippen molar-refractivity contribution in [2.45, 2.75) is 31.5 Å². The Kier molecular flexibility index (Phi) is 4.96. The van der Waals surface area contributed by atoms with Gasteiger partial charge in [-0.1, -0.05) is 0 Å². The van der Waals surface area contributed by atoms with Crippen LogP contribution in [0, 0.1) is 0 Å². The average Bonchev–Trinajstić information content (AvgIpc) is 2.12. The van der Waals surface area contributed by atoms with Crippen molar-refractivity contribution in [3.8, 4) is 0 Å². The quantitative estimate of drug-likeness (QED) is 0.505. The summed E-state index contributed by atoms with van der Waals surface area (Å²) in [5, 5.41) is 10.9. The minimum absolute atomic E-state index is 0.790. The summed E-state index contributed by atoms with van der Waals surface area (Å²) in [5.41, 5.74) is 0. The molecule has 0 fully saturated rings. The van der Waals surface area contributed by atoms with Crippen LogP contribution in [-0.4, -0.2) is 41.5 Å². The highest BCUT2D eigenvalue weighted by atomic mass is 19.4. The number of alkyl halides is 6. The predicted octanol–water partition coefficient (Wildman–Crippen LogP) is 0.0503. The summed E-state index contributed by atoms with van der Waals surface area (Å²) in [7, 11) is 0. The van der Waals surface area contributed by atoms with E-state index in [2.05, 4.69) is 0 Å². The summed E-state index contributed by atoms with van der Waals surface area (Å²) >= 11 is 0. The van der Waals surface area contributed by atoms with Crippen molar-refractivity contribution in [1.29, 1.82) is 0 Å². The van der Waals surface area contributed by atoms with Crippen LogP contribution in [0.5, 0.6) is 0 Å². The van der Waals surface area contributed by atoms with Gasteiger partial charge in [-0.05, 0) is 6.92 Å². The standard InChI is InChI=1S/C7H8F6N2O3/c1-2(16)3(14-4(17)6(8,9)10)15-5(18)7(11,12)13/h2-3,16H,1H3,(H,14,17)(H,15,18). The summed E-state index contributed by atoms with van der Waals surface area (Å²) in [6, 6.07) is 0. The predicted molar refractivity (Wildman–Crippen MR) is 43.9 cm³/mol. The molecule has 3 N–H and O–H groups in total. The number of halogens is 6. The van der Waals surface area contributed by atoms with Crippen molar-refractivity contribution in [2.24, 2.45) is 0 Å². The smallest absolute Gasteiger partial charge is 0.389 e. The van der Waals surface area contributed by atoms with Crippen LogP contribution in [0.1, 0.15) is 6.92 Å². The zero-order chi connectivity index (χ0) is 14.7. The van der Waals surface area contributed by atoms with Crippen LogP contribution in [0.15, 0.2) is 0 Å². The first-order valence-corrected chi connectivity index (χ1v) is 4.29. The van der Waals surface area contributed by atoms with Crippen LogP contribution in [0.2, 0.25) is 0 Å². The molecule has 0 bridgehead atoms. The van der Waals surface area contributed by atoms with Gasteiger partial charge >= 0.3 is 24.2 Å². The Morgan fingerprint density at radius 1 is 0.944 bits per heavy atom. The third-order valence-electron chi connectivity index (χ3n) is 1.57. The number of hydrogen-bond donors (Lipinski definition) is 3. The first kappa shape index (κ1) is 16.5. The van der Waals surface area contributed by atoms with Gasteiger partial charge in [-0.15, -0.1) is 0 Å². The van der Waals surface area contributed by atoms with Crippen molar-refractivity contribution < 1.29 is 41.0 Å². The van der Waals surface area contributed by atoms with Gasteiger partial charge in [0.2, 0.25) is 0 Å². The van der Waals surface area contributed by atoms with E-state index in [1.54, 1.807) is 0 Å². The lowest BCUT2D eigenvalue weighted by molar-refractivity contribution is -0.179. The van der Waals surface area contributed by atoms with Crippen LogP contribution < -0.4 is 10.6 Å². The monoisotopic (exact) mass is 282 g/mol. The molecular weight excluding hydrogens is 274 g/mol. The fraction of sp³-hybridized carbons (Fsp3) is 0.714. The van der Waals surface area contributed by atoms with Crippen LogP contribution in [0.3, 0.4) is 0 Å². The van der Waals surface area contributed by atoms with Gasteiger partial charge < -0.3 is 15.7 Å². The van der Waals surface area contributed by atoms with Gasteiger partial charge in [0.15, 0.2) is 0 Å². The number of aliphatic hydroxyl groups excluding tert-OH is 1. The highest BCUT2D eigenvalue weighted by Gasteiger charge is 2.43. The van der Waals surface area contributed by atoms with Crippen molar-refractivity contribution in [2.75, 3.05) is 0 Å². The normalized spacial score (nSPS) is 14.3. The molecule has 0 spiro atoms. The molecule has 2 amide bonds. The zero-order valence-electron chi connectivity index (χ0n) is 8.69. The molecule has 0 aromatic rings. The largest absolute Gasteiger partial charge is 0.471 e. The summed E-state index contributed by atoms with van der Waals surface area (Å²) in [4.78, 5) is 20.9. The molecule has 0 saturated heterocycles. The number of nitrogens with one attached hydrogen (secondary N) is 2. The van der Waals surface area contributed by atoms with E-state index >= 15 is 0 Å². The topological polar surface area (TPSA) is 78.4 Å². The number of hydrogen-bond acceptors (Lipinski definition) is 3. The molecule has 0 aliphatic carbocycles. The Morgan fingerprint density at radius 3 is 1.39 bits per heavy atom. The Labute approximate surface area is 96.1 Å². The van der Waals surface area contributed by atoms with Crippen LogP contribution >= 0.6 is 0 Å². The molecule has 0 radical (unpaired) electrons. The van der Waals surface area contributed by atoms with E-state index in [0.29, 0.717) is 0 Å². The molecule has 0 rings (SSSR count). The number of carbonyl (C=O) groups is 2. The van der Waals surface area contributed by atoms with Gasteiger partial charge in [0.05, 0.1) is 6.10 Å². The Hall–Kier alpha value is -1.52. The minimum atomic E-state index is -5.35. The van der Waals surface area contributed by atoms with Crippen molar-refractivity contribution in [1.82, 2.24) is 10.6 Å². The van der Waals surface area contributed by atoms with Gasteiger partial charge in [0.25, 0.3) is 0 Å². The molecule has 0 aromatic heterocycles. The maximum atomic E-state index is 11.8. The summed E-state index contributed by atoms with van der Waals surface area (Å²) < 4.78 is 70.9. The van der Waals surface area contributed by atoms with Crippen molar-refractivity contribution in [3.63, 3.8) is 0 Å². The van der Waals surface area contributed by atoms with E-state index in [0.717, 1.165) is 17.6 Å². The van der Waals surface area contributed by atoms with E-state index in [1.807, 2.05) is 0 Å². The van der Waals surface area contributed by atoms with E-state index < -0.39 is 36.4 Å². The first-order valence-electron chi connectivity index (χ1n) is 4.29. The highest BCUT2D eigenvalue weighted by molar-refractivity contribution is 5.84. The molecule has 0 aliphatic heterocycles. The second kappa shape index (κ2) is 5.42. The number of amides is 2. The van der Waals surface area contributed by atoms with E-state index in [-0.39, 0.29) is 0 Å². The summed E-state index contributed by atoms with van der Waals surface area (Å²) in [5.74, 6) is -5.17. The molecule has 0 heterocycles. The van der Waals surface area contributed by atoms with Crippen molar-refractivity contribution >= 4 is 11.8 Å². The lowest BCUT2D eigenvalue weighted by atomic mass is 10.3. The van der Waals surface area contributed by atoms with Gasteiger partial charge in [0, 0.05) is 0 Å². The first-order chi connectivity index (χ1) is 7.85. The van der Waals surface area contributed by atoms with Crippen LogP contribution in [0.4, 0.5) is 26.3 Å². The Morgan fingerprint density at radius 2 is 1.22 bits per heavy atom. The molecule has 1 unspecified atom stereocenters. The highest BCUT2D eigenvalue weighted by Crippen LogP contribution is 2.16. The third kappa shape index (κ3) is 5.21. The fourth-order valence-corrected chi connectivity index (χ4v) is 0.723. The molecule has 1 atom stereocenters. The van der Waals surface area contributed by atoms with Gasteiger partial charge in [-0.3, -0.25) is 9.59 Å². The van der Waals surface area contributed by atoms with Gasteiger partial charge in [-0.2, -0.15) is 26.3 Å². The fourth-order valence-electron chi connectivity index (χ4n) is 0.723. The van der Waals surface area contributed by atoms with Crippen LogP contribution in [-0.2, 0) is 9.59 Å². The SMILES string of the molecule is CC(O)C(NC(=O)C(F)(F)F)NC(=O)C(F)(F)F. The maximum absolute atomic E-state index is 11.8. The molecular formula is C7H8F6N2O3. The van der Waals surface area contributed by atoms with Gasteiger partial charge in [0.1, 0.15) is 6.17 Å². The summed E-state index contributed by atoms with van der Waals surface area (Å²) in [6.45, 7) is 0.790. The molecule has 0 aromatic carbocycles. The zero-order valence-corrected chi connectivity index (χ0v) is 8.69. The van der Waals surface area contributed by atoms with Crippen LogP contribution in [0.25, 0.3) is 0 Å². The minimum Gasteiger partial charge on any atom is -0.389 e.